The highest BCUT2D eigenvalue weighted by atomic mass is 16.5. The minimum absolute atomic E-state index is 0.117. The summed E-state index contributed by atoms with van der Waals surface area (Å²) in [7, 11) is 0. The van der Waals surface area contributed by atoms with Crippen molar-refractivity contribution in [3.8, 4) is 0 Å². The van der Waals surface area contributed by atoms with Crippen molar-refractivity contribution in [2.24, 2.45) is 11.7 Å². The Morgan fingerprint density at radius 3 is 2.36 bits per heavy atom. The van der Waals surface area contributed by atoms with E-state index in [4.69, 9.17) is 15.2 Å². The van der Waals surface area contributed by atoms with Gasteiger partial charge in [0, 0.05) is 38.7 Å². The van der Waals surface area contributed by atoms with Crippen LogP contribution in [0.2, 0.25) is 0 Å². The Morgan fingerprint density at radius 1 is 1.36 bits per heavy atom. The number of ether oxygens (including phenoxy) is 2. The van der Waals surface area contributed by atoms with Crippen LogP contribution in [0, 0.1) is 5.92 Å². The van der Waals surface area contributed by atoms with E-state index in [1.807, 2.05) is 6.92 Å². The van der Waals surface area contributed by atoms with Crippen molar-refractivity contribution in [3.63, 3.8) is 0 Å². The lowest BCUT2D eigenvalue weighted by molar-refractivity contribution is -0.127. The lowest BCUT2D eigenvalue weighted by atomic mass is 9.81. The number of nitrogens with two attached hydrogens (primary N) is 1. The second-order valence-corrected chi connectivity index (χ2v) is 4.38. The number of rotatable bonds is 4. The van der Waals surface area contributed by atoms with E-state index in [9.17, 15) is 0 Å². The predicted molar refractivity (Wildman–Crippen MR) is 57.2 cm³/mol. The Hall–Kier alpha value is -0.120. The van der Waals surface area contributed by atoms with Gasteiger partial charge in [0.05, 0.1) is 5.60 Å². The molecule has 0 aliphatic carbocycles. The van der Waals surface area contributed by atoms with Crippen LogP contribution in [0.25, 0.3) is 0 Å². The molecular weight excluding hydrogens is 178 g/mol. The summed E-state index contributed by atoms with van der Waals surface area (Å²) in [6, 6.07) is 0.117. The van der Waals surface area contributed by atoms with E-state index in [0.717, 1.165) is 32.7 Å². The minimum atomic E-state index is -0.138. The third kappa shape index (κ3) is 2.47. The lowest BCUT2D eigenvalue weighted by Crippen LogP contribution is -2.55. The van der Waals surface area contributed by atoms with Crippen molar-refractivity contribution in [1.29, 1.82) is 0 Å². The van der Waals surface area contributed by atoms with Gasteiger partial charge in [-0.15, -0.1) is 0 Å². The normalized spacial score (nSPS) is 23.8. The molecule has 0 aromatic heterocycles. The highest BCUT2D eigenvalue weighted by Crippen LogP contribution is 2.31. The molecule has 1 atom stereocenters. The van der Waals surface area contributed by atoms with Gasteiger partial charge < -0.3 is 15.2 Å². The van der Waals surface area contributed by atoms with E-state index in [2.05, 4.69) is 13.8 Å². The molecule has 1 rings (SSSR count). The van der Waals surface area contributed by atoms with Crippen molar-refractivity contribution in [2.45, 2.75) is 45.3 Å². The molecule has 1 fully saturated rings. The Morgan fingerprint density at radius 2 is 1.93 bits per heavy atom. The molecule has 0 spiro atoms. The van der Waals surface area contributed by atoms with Gasteiger partial charge in [-0.05, 0) is 12.8 Å². The molecule has 0 saturated carbocycles. The fourth-order valence-corrected chi connectivity index (χ4v) is 2.19. The van der Waals surface area contributed by atoms with Gasteiger partial charge in [0.15, 0.2) is 0 Å². The van der Waals surface area contributed by atoms with Crippen molar-refractivity contribution in [2.75, 3.05) is 19.8 Å². The molecule has 0 bridgehead atoms. The molecule has 1 heterocycles. The van der Waals surface area contributed by atoms with E-state index >= 15 is 0 Å². The quantitative estimate of drug-likeness (QED) is 0.750. The van der Waals surface area contributed by atoms with E-state index in [-0.39, 0.29) is 11.6 Å². The SMILES string of the molecule is CCOC1(C(N)C(C)C)CCOCC1. The van der Waals surface area contributed by atoms with E-state index in [0.29, 0.717) is 5.92 Å². The molecule has 1 aliphatic rings. The van der Waals surface area contributed by atoms with E-state index in [1.54, 1.807) is 0 Å². The smallest absolute Gasteiger partial charge is 0.0878 e. The summed E-state index contributed by atoms with van der Waals surface area (Å²) < 4.78 is 11.3. The maximum Gasteiger partial charge on any atom is 0.0878 e. The molecule has 1 saturated heterocycles. The summed E-state index contributed by atoms with van der Waals surface area (Å²) in [6.45, 7) is 8.63. The van der Waals surface area contributed by atoms with Gasteiger partial charge in [-0.3, -0.25) is 0 Å². The van der Waals surface area contributed by atoms with Crippen LogP contribution in [0.3, 0.4) is 0 Å². The largest absolute Gasteiger partial charge is 0.381 e. The van der Waals surface area contributed by atoms with Crippen molar-refractivity contribution < 1.29 is 9.47 Å². The van der Waals surface area contributed by atoms with Gasteiger partial charge in [0.2, 0.25) is 0 Å². The highest BCUT2D eigenvalue weighted by molar-refractivity contribution is 4.94. The maximum atomic E-state index is 6.23. The summed E-state index contributed by atoms with van der Waals surface area (Å²) in [4.78, 5) is 0. The van der Waals surface area contributed by atoms with E-state index in [1.165, 1.54) is 0 Å². The summed E-state index contributed by atoms with van der Waals surface area (Å²) in [6.07, 6.45) is 1.86. The molecule has 1 aliphatic heterocycles. The van der Waals surface area contributed by atoms with Gasteiger partial charge >= 0.3 is 0 Å². The fourth-order valence-electron chi connectivity index (χ4n) is 2.19. The topological polar surface area (TPSA) is 44.5 Å². The zero-order chi connectivity index (χ0) is 10.6. The molecule has 14 heavy (non-hydrogen) atoms. The van der Waals surface area contributed by atoms with Crippen LogP contribution in [-0.4, -0.2) is 31.5 Å². The van der Waals surface area contributed by atoms with Crippen molar-refractivity contribution >= 4 is 0 Å². The average Bonchev–Trinajstić information content (AvgIpc) is 2.18. The number of hydrogen-bond acceptors (Lipinski definition) is 3. The van der Waals surface area contributed by atoms with Gasteiger partial charge in [0.25, 0.3) is 0 Å². The van der Waals surface area contributed by atoms with Crippen LogP contribution in [0.15, 0.2) is 0 Å². The second kappa shape index (κ2) is 5.10. The molecule has 2 N–H and O–H groups in total. The van der Waals surface area contributed by atoms with Gasteiger partial charge in [-0.2, -0.15) is 0 Å². The number of hydrogen-bond donors (Lipinski definition) is 1. The monoisotopic (exact) mass is 201 g/mol. The van der Waals surface area contributed by atoms with Crippen molar-refractivity contribution in [3.05, 3.63) is 0 Å². The first-order chi connectivity index (χ1) is 6.62. The van der Waals surface area contributed by atoms with Crippen LogP contribution in [0.4, 0.5) is 0 Å². The molecule has 1 unspecified atom stereocenters. The third-order valence-corrected chi connectivity index (χ3v) is 3.10. The highest BCUT2D eigenvalue weighted by Gasteiger charge is 2.40. The summed E-state index contributed by atoms with van der Waals surface area (Å²) in [5.41, 5.74) is 6.09. The predicted octanol–water partition coefficient (Wildman–Crippen LogP) is 1.56. The van der Waals surface area contributed by atoms with Crippen LogP contribution >= 0.6 is 0 Å². The molecule has 0 radical (unpaired) electrons. The first-order valence-electron chi connectivity index (χ1n) is 5.59. The van der Waals surface area contributed by atoms with E-state index < -0.39 is 0 Å². The molecule has 0 aromatic carbocycles. The van der Waals surface area contributed by atoms with Crippen LogP contribution < -0.4 is 5.73 Å². The Labute approximate surface area is 86.9 Å². The molecule has 0 aromatic rings. The molecule has 3 nitrogen and oxygen atoms in total. The lowest BCUT2D eigenvalue weighted by Gasteiger charge is -2.43. The van der Waals surface area contributed by atoms with Crippen LogP contribution in [-0.2, 0) is 9.47 Å². The second-order valence-electron chi connectivity index (χ2n) is 4.38. The fraction of sp³-hybridized carbons (Fsp3) is 1.00. The Bertz CT molecular complexity index is 159. The molecular formula is C11H23NO2. The summed E-state index contributed by atoms with van der Waals surface area (Å²) in [5.74, 6) is 0.458. The zero-order valence-electron chi connectivity index (χ0n) is 9.58. The first-order valence-corrected chi connectivity index (χ1v) is 5.59. The average molecular weight is 201 g/mol. The first kappa shape index (κ1) is 12.0. The van der Waals surface area contributed by atoms with Crippen LogP contribution in [0.1, 0.15) is 33.6 Å². The summed E-state index contributed by atoms with van der Waals surface area (Å²) >= 11 is 0. The van der Waals surface area contributed by atoms with Gasteiger partial charge in [-0.25, -0.2) is 0 Å². The summed E-state index contributed by atoms with van der Waals surface area (Å²) in [5, 5.41) is 0. The maximum absolute atomic E-state index is 6.23. The van der Waals surface area contributed by atoms with Crippen LogP contribution in [0.5, 0.6) is 0 Å². The molecule has 84 valence electrons. The minimum Gasteiger partial charge on any atom is -0.381 e. The van der Waals surface area contributed by atoms with Crippen molar-refractivity contribution in [1.82, 2.24) is 0 Å². The van der Waals surface area contributed by atoms with Gasteiger partial charge in [0.1, 0.15) is 0 Å². The standard InChI is InChI=1S/C11H23NO2/c1-4-14-11(10(12)9(2)3)5-7-13-8-6-11/h9-10H,4-8,12H2,1-3H3. The third-order valence-electron chi connectivity index (χ3n) is 3.10. The molecule has 3 heteroatoms. The molecule has 0 amide bonds. The zero-order valence-corrected chi connectivity index (χ0v) is 9.58. The Kier molecular flexibility index (Phi) is 4.35. The Balaban J connectivity index is 2.68. The van der Waals surface area contributed by atoms with Gasteiger partial charge in [-0.1, -0.05) is 13.8 Å².